The third-order valence-corrected chi connectivity index (χ3v) is 3.74. The van der Waals surface area contributed by atoms with Crippen LogP contribution in [0.2, 0.25) is 0 Å². The van der Waals surface area contributed by atoms with Crippen LogP contribution in [0.1, 0.15) is 23.8 Å². The second-order valence-electron chi connectivity index (χ2n) is 5.58. The molecule has 4 nitrogen and oxygen atoms in total. The van der Waals surface area contributed by atoms with Gasteiger partial charge in [-0.05, 0) is 24.5 Å². The first-order valence-corrected chi connectivity index (χ1v) is 6.76. The lowest BCUT2D eigenvalue weighted by atomic mass is 9.96. The normalized spacial score (nSPS) is 23.8. The van der Waals surface area contributed by atoms with Gasteiger partial charge in [0.15, 0.2) is 0 Å². The highest BCUT2D eigenvalue weighted by Crippen LogP contribution is 2.20. The van der Waals surface area contributed by atoms with Crippen molar-refractivity contribution in [3.8, 4) is 0 Å². The summed E-state index contributed by atoms with van der Waals surface area (Å²) in [6, 6.07) is 9.94. The Bertz CT molecular complexity index is 561. The summed E-state index contributed by atoms with van der Waals surface area (Å²) in [5.41, 5.74) is 7.66. The van der Waals surface area contributed by atoms with Gasteiger partial charge in [0, 0.05) is 30.0 Å². The van der Waals surface area contributed by atoms with E-state index in [-0.39, 0.29) is 11.9 Å². The molecule has 1 aromatic carbocycles. The number of nitrogens with two attached hydrogens (primary N) is 1. The van der Waals surface area contributed by atoms with Gasteiger partial charge in [-0.3, -0.25) is 4.79 Å². The molecule has 2 atom stereocenters. The van der Waals surface area contributed by atoms with Crippen LogP contribution < -0.4 is 5.73 Å². The van der Waals surface area contributed by atoms with Crippen molar-refractivity contribution in [2.45, 2.75) is 19.4 Å². The molecule has 1 aliphatic heterocycles. The predicted molar refractivity (Wildman–Crippen MR) is 76.0 cm³/mol. The van der Waals surface area contributed by atoms with E-state index in [4.69, 9.17) is 5.73 Å². The van der Waals surface area contributed by atoms with E-state index >= 15 is 0 Å². The Morgan fingerprint density at radius 1 is 1.37 bits per heavy atom. The van der Waals surface area contributed by atoms with Crippen molar-refractivity contribution in [2.75, 3.05) is 13.1 Å². The summed E-state index contributed by atoms with van der Waals surface area (Å²) in [5.74, 6) is 0.523. The fourth-order valence-electron chi connectivity index (χ4n) is 2.92. The minimum atomic E-state index is 0.0539. The number of piperidine rings is 1. The van der Waals surface area contributed by atoms with Gasteiger partial charge in [-0.2, -0.15) is 0 Å². The fourth-order valence-corrected chi connectivity index (χ4v) is 2.92. The Hall–Kier alpha value is -1.81. The zero-order valence-corrected chi connectivity index (χ0v) is 11.1. The van der Waals surface area contributed by atoms with Crippen LogP contribution in [0.5, 0.6) is 0 Å². The van der Waals surface area contributed by atoms with Gasteiger partial charge in [-0.1, -0.05) is 25.1 Å². The summed E-state index contributed by atoms with van der Waals surface area (Å²) >= 11 is 0. The monoisotopic (exact) mass is 257 g/mol. The molecule has 1 amide bonds. The number of hydrogen-bond acceptors (Lipinski definition) is 2. The molecule has 0 saturated carbocycles. The lowest BCUT2D eigenvalue weighted by molar-refractivity contribution is 0.0656. The SMILES string of the molecule is CC1CC(N)CN(C(=O)c2cc3ccccc3[nH]2)C1. The first-order valence-electron chi connectivity index (χ1n) is 6.76. The molecular weight excluding hydrogens is 238 g/mol. The maximum Gasteiger partial charge on any atom is 0.270 e. The molecule has 2 unspecified atom stereocenters. The molecule has 1 saturated heterocycles. The standard InChI is InChI=1S/C15H19N3O/c1-10-6-12(16)9-18(8-10)15(19)14-7-11-4-2-3-5-13(11)17-14/h2-5,7,10,12,17H,6,8-9,16H2,1H3. The number of hydrogen-bond donors (Lipinski definition) is 2. The van der Waals surface area contributed by atoms with Crippen molar-refractivity contribution in [2.24, 2.45) is 11.7 Å². The van der Waals surface area contributed by atoms with Gasteiger partial charge in [-0.25, -0.2) is 0 Å². The molecule has 0 aliphatic carbocycles. The van der Waals surface area contributed by atoms with Crippen LogP contribution in [0.3, 0.4) is 0 Å². The molecule has 1 fully saturated rings. The molecular formula is C15H19N3O. The van der Waals surface area contributed by atoms with E-state index in [0.29, 0.717) is 18.2 Å². The van der Waals surface area contributed by atoms with Gasteiger partial charge in [0.2, 0.25) is 0 Å². The number of para-hydroxylation sites is 1. The zero-order chi connectivity index (χ0) is 13.4. The number of nitrogens with zero attached hydrogens (tertiary/aromatic N) is 1. The quantitative estimate of drug-likeness (QED) is 0.820. The van der Waals surface area contributed by atoms with Crippen LogP contribution in [-0.2, 0) is 0 Å². The first-order chi connectivity index (χ1) is 9.13. The van der Waals surface area contributed by atoms with Crippen LogP contribution in [0.4, 0.5) is 0 Å². The number of carbonyl (C=O) groups is 1. The van der Waals surface area contributed by atoms with Crippen molar-refractivity contribution in [1.29, 1.82) is 0 Å². The molecule has 1 aliphatic rings. The van der Waals surface area contributed by atoms with Gasteiger partial charge < -0.3 is 15.6 Å². The molecule has 19 heavy (non-hydrogen) atoms. The molecule has 3 rings (SSSR count). The van der Waals surface area contributed by atoms with Gasteiger partial charge in [0.05, 0.1) is 0 Å². The van der Waals surface area contributed by atoms with Crippen LogP contribution in [-0.4, -0.2) is 34.9 Å². The lowest BCUT2D eigenvalue weighted by Gasteiger charge is -2.34. The number of amides is 1. The summed E-state index contributed by atoms with van der Waals surface area (Å²) in [7, 11) is 0. The smallest absolute Gasteiger partial charge is 0.270 e. The number of H-pyrrole nitrogens is 1. The molecule has 2 heterocycles. The predicted octanol–water partition coefficient (Wildman–Crippen LogP) is 1.98. The Labute approximate surface area is 112 Å². The van der Waals surface area contributed by atoms with Crippen LogP contribution >= 0.6 is 0 Å². The number of carbonyl (C=O) groups excluding carboxylic acids is 1. The second kappa shape index (κ2) is 4.70. The summed E-state index contributed by atoms with van der Waals surface area (Å²) in [6.07, 6.45) is 0.997. The van der Waals surface area contributed by atoms with Crippen LogP contribution in [0.25, 0.3) is 10.9 Å². The van der Waals surface area contributed by atoms with Crippen molar-refractivity contribution in [1.82, 2.24) is 9.88 Å². The molecule has 0 bridgehead atoms. The number of benzene rings is 1. The average Bonchev–Trinajstić information content (AvgIpc) is 2.80. The number of aromatic amines is 1. The van der Waals surface area contributed by atoms with Crippen LogP contribution in [0.15, 0.2) is 30.3 Å². The Morgan fingerprint density at radius 3 is 2.89 bits per heavy atom. The van der Waals surface area contributed by atoms with E-state index in [2.05, 4.69) is 11.9 Å². The number of aromatic nitrogens is 1. The number of rotatable bonds is 1. The molecule has 0 radical (unpaired) electrons. The highest BCUT2D eigenvalue weighted by atomic mass is 16.2. The van der Waals surface area contributed by atoms with Crippen molar-refractivity contribution >= 4 is 16.8 Å². The lowest BCUT2D eigenvalue weighted by Crippen LogP contribution is -2.48. The van der Waals surface area contributed by atoms with Crippen molar-refractivity contribution in [3.63, 3.8) is 0 Å². The van der Waals surface area contributed by atoms with E-state index in [0.717, 1.165) is 23.9 Å². The fraction of sp³-hybridized carbons (Fsp3) is 0.400. The first kappa shape index (κ1) is 12.2. The van der Waals surface area contributed by atoms with Crippen molar-refractivity contribution in [3.05, 3.63) is 36.0 Å². The molecule has 0 spiro atoms. The van der Waals surface area contributed by atoms with E-state index in [9.17, 15) is 4.79 Å². The maximum absolute atomic E-state index is 12.5. The summed E-state index contributed by atoms with van der Waals surface area (Å²) in [5, 5.41) is 1.07. The highest BCUT2D eigenvalue weighted by Gasteiger charge is 2.27. The molecule has 2 aromatic rings. The van der Waals surface area contributed by atoms with Gasteiger partial charge in [0.1, 0.15) is 5.69 Å². The van der Waals surface area contributed by atoms with Gasteiger partial charge >= 0.3 is 0 Å². The third-order valence-electron chi connectivity index (χ3n) is 3.74. The molecule has 4 heteroatoms. The van der Waals surface area contributed by atoms with Crippen molar-refractivity contribution < 1.29 is 4.79 Å². The Balaban J connectivity index is 1.86. The summed E-state index contributed by atoms with van der Waals surface area (Å²) in [6.45, 7) is 3.59. The van der Waals surface area contributed by atoms with Gasteiger partial charge in [-0.15, -0.1) is 0 Å². The third kappa shape index (κ3) is 2.36. The topological polar surface area (TPSA) is 62.1 Å². The van der Waals surface area contributed by atoms with E-state index in [1.54, 1.807) is 0 Å². The zero-order valence-electron chi connectivity index (χ0n) is 11.1. The summed E-state index contributed by atoms with van der Waals surface area (Å²) < 4.78 is 0. The Morgan fingerprint density at radius 2 is 2.16 bits per heavy atom. The highest BCUT2D eigenvalue weighted by molar-refractivity contribution is 5.98. The van der Waals surface area contributed by atoms with Crippen LogP contribution in [0, 0.1) is 5.92 Å². The largest absolute Gasteiger partial charge is 0.351 e. The number of likely N-dealkylation sites (tertiary alicyclic amines) is 1. The molecule has 100 valence electrons. The minimum absolute atomic E-state index is 0.0539. The minimum Gasteiger partial charge on any atom is -0.351 e. The van der Waals surface area contributed by atoms with E-state index < -0.39 is 0 Å². The van der Waals surface area contributed by atoms with E-state index in [1.807, 2.05) is 35.2 Å². The average molecular weight is 257 g/mol. The summed E-state index contributed by atoms with van der Waals surface area (Å²) in [4.78, 5) is 17.6. The Kier molecular flexibility index (Phi) is 3.03. The molecule has 3 N–H and O–H groups in total. The number of fused-ring (bicyclic) bond motifs is 1. The second-order valence-corrected chi connectivity index (χ2v) is 5.58. The maximum atomic E-state index is 12.5. The number of nitrogens with one attached hydrogen (secondary N) is 1. The van der Waals surface area contributed by atoms with Gasteiger partial charge in [0.25, 0.3) is 5.91 Å². The van der Waals surface area contributed by atoms with E-state index in [1.165, 1.54) is 0 Å². The molecule has 1 aromatic heterocycles.